The Morgan fingerprint density at radius 3 is 2.68 bits per heavy atom. The summed E-state index contributed by atoms with van der Waals surface area (Å²) in [7, 11) is -2.89. The number of unbranched alkanes of at least 4 members (excludes halogenated alkanes) is 1. The van der Waals surface area contributed by atoms with Crippen LogP contribution in [0.25, 0.3) is 21.9 Å². The fourth-order valence-corrected chi connectivity index (χ4v) is 3.51. The topological polar surface area (TPSA) is 64.8 Å². The van der Waals surface area contributed by atoms with Crippen molar-refractivity contribution in [1.82, 2.24) is 14.5 Å². The van der Waals surface area contributed by atoms with E-state index in [1.54, 1.807) is 6.20 Å². The van der Waals surface area contributed by atoms with Gasteiger partial charge in [-0.05, 0) is 25.8 Å². The van der Waals surface area contributed by atoms with E-state index >= 15 is 0 Å². The predicted molar refractivity (Wildman–Crippen MR) is 88.7 cm³/mol. The van der Waals surface area contributed by atoms with Gasteiger partial charge in [-0.15, -0.1) is 0 Å². The number of sulfone groups is 1. The van der Waals surface area contributed by atoms with E-state index in [2.05, 4.69) is 20.6 Å². The lowest BCUT2D eigenvalue weighted by Crippen LogP contribution is -2.06. The number of rotatable bonds is 5. The van der Waals surface area contributed by atoms with Crippen LogP contribution in [0.3, 0.4) is 0 Å². The Bertz CT molecular complexity index is 929. The zero-order chi connectivity index (χ0) is 15.7. The molecular formula is C16H19N3O2S. The Kier molecular flexibility index (Phi) is 3.87. The first-order valence-electron chi connectivity index (χ1n) is 7.34. The van der Waals surface area contributed by atoms with E-state index in [1.165, 1.54) is 6.26 Å². The Morgan fingerprint density at radius 1 is 1.14 bits per heavy atom. The molecule has 1 aromatic carbocycles. The van der Waals surface area contributed by atoms with Crippen LogP contribution in [0.4, 0.5) is 0 Å². The quantitative estimate of drug-likeness (QED) is 0.679. The molecule has 0 N–H and O–H groups in total. The van der Waals surface area contributed by atoms with Gasteiger partial charge in [-0.1, -0.05) is 18.2 Å². The lowest BCUT2D eigenvalue weighted by molar-refractivity contribution is 0.588. The first kappa shape index (κ1) is 15.0. The third-order valence-corrected chi connectivity index (χ3v) is 4.85. The van der Waals surface area contributed by atoms with Gasteiger partial charge in [0.05, 0.1) is 17.2 Å². The van der Waals surface area contributed by atoms with E-state index in [-0.39, 0.29) is 5.75 Å². The molecule has 0 aliphatic carbocycles. The second-order valence-electron chi connectivity index (χ2n) is 5.66. The van der Waals surface area contributed by atoms with Gasteiger partial charge in [0.1, 0.15) is 21.2 Å². The van der Waals surface area contributed by atoms with Crippen LogP contribution in [0.15, 0.2) is 30.5 Å². The zero-order valence-electron chi connectivity index (χ0n) is 12.8. The molecule has 2 heterocycles. The molecule has 0 bridgehead atoms. The van der Waals surface area contributed by atoms with Crippen molar-refractivity contribution in [3.05, 3.63) is 36.3 Å². The minimum Gasteiger partial charge on any atom is -0.328 e. The normalized spacial score (nSPS) is 12.3. The van der Waals surface area contributed by atoms with Crippen molar-refractivity contribution in [2.75, 3.05) is 12.0 Å². The van der Waals surface area contributed by atoms with Crippen molar-refractivity contribution in [3.8, 4) is 0 Å². The number of nitrogens with zero attached hydrogens (tertiary/aromatic N) is 3. The Balaban J connectivity index is 1.95. The largest absolute Gasteiger partial charge is 0.328 e. The maximum atomic E-state index is 11.2. The number of aryl methyl sites for hydroxylation is 2. The fourth-order valence-electron chi connectivity index (χ4n) is 2.79. The summed E-state index contributed by atoms with van der Waals surface area (Å²) in [5, 5.41) is 1.09. The third kappa shape index (κ3) is 2.97. The van der Waals surface area contributed by atoms with Crippen molar-refractivity contribution in [2.45, 2.75) is 26.3 Å². The fraction of sp³-hybridized carbons (Fsp3) is 0.375. The van der Waals surface area contributed by atoms with Crippen molar-refractivity contribution in [1.29, 1.82) is 0 Å². The molecule has 6 heteroatoms. The van der Waals surface area contributed by atoms with E-state index in [0.717, 1.165) is 40.7 Å². The smallest absolute Gasteiger partial charge is 0.147 e. The van der Waals surface area contributed by atoms with E-state index in [9.17, 15) is 8.42 Å². The molecule has 22 heavy (non-hydrogen) atoms. The van der Waals surface area contributed by atoms with Crippen LogP contribution < -0.4 is 0 Å². The maximum absolute atomic E-state index is 11.2. The number of hydrogen-bond acceptors (Lipinski definition) is 4. The van der Waals surface area contributed by atoms with Gasteiger partial charge in [-0.3, -0.25) is 4.98 Å². The summed E-state index contributed by atoms with van der Waals surface area (Å²) >= 11 is 0. The van der Waals surface area contributed by atoms with Gasteiger partial charge in [0, 0.05) is 23.9 Å². The molecule has 0 aliphatic heterocycles. The summed E-state index contributed by atoms with van der Waals surface area (Å²) < 4.78 is 24.6. The second kappa shape index (κ2) is 5.68. The summed E-state index contributed by atoms with van der Waals surface area (Å²) in [6, 6.07) is 8.02. The molecule has 0 amide bonds. The molecule has 0 radical (unpaired) electrons. The van der Waals surface area contributed by atoms with Gasteiger partial charge in [0.25, 0.3) is 0 Å². The number of imidazole rings is 1. The lowest BCUT2D eigenvalue weighted by Gasteiger charge is -2.08. The van der Waals surface area contributed by atoms with E-state index in [4.69, 9.17) is 0 Å². The number of fused-ring (bicyclic) bond motifs is 3. The summed E-state index contributed by atoms with van der Waals surface area (Å²) in [5.41, 5.74) is 2.93. The molecule has 0 spiro atoms. The molecule has 0 saturated carbocycles. The highest BCUT2D eigenvalue weighted by molar-refractivity contribution is 7.90. The number of para-hydroxylation sites is 1. The van der Waals surface area contributed by atoms with E-state index in [1.807, 2.05) is 25.1 Å². The van der Waals surface area contributed by atoms with Gasteiger partial charge in [-0.25, -0.2) is 13.4 Å². The van der Waals surface area contributed by atoms with Gasteiger partial charge < -0.3 is 4.57 Å². The summed E-state index contributed by atoms with van der Waals surface area (Å²) in [6.45, 7) is 2.75. The van der Waals surface area contributed by atoms with Gasteiger partial charge >= 0.3 is 0 Å². The van der Waals surface area contributed by atoms with Crippen LogP contribution in [0.2, 0.25) is 0 Å². The average Bonchev–Trinajstić information content (AvgIpc) is 2.79. The van der Waals surface area contributed by atoms with Crippen LogP contribution in [-0.4, -0.2) is 35.0 Å². The van der Waals surface area contributed by atoms with Crippen molar-refractivity contribution >= 4 is 31.8 Å². The highest BCUT2D eigenvalue weighted by Crippen LogP contribution is 2.24. The van der Waals surface area contributed by atoms with Crippen LogP contribution in [0.5, 0.6) is 0 Å². The highest BCUT2D eigenvalue weighted by Gasteiger charge is 2.11. The predicted octanol–water partition coefficient (Wildman–Crippen LogP) is 2.72. The van der Waals surface area contributed by atoms with Crippen molar-refractivity contribution in [2.24, 2.45) is 0 Å². The SMILES string of the molecule is Cc1nc2cnc3ccccc3c2n1CCCCS(C)(=O)=O. The van der Waals surface area contributed by atoms with Crippen LogP contribution >= 0.6 is 0 Å². The minimum absolute atomic E-state index is 0.237. The van der Waals surface area contributed by atoms with Crippen LogP contribution in [0, 0.1) is 6.92 Å². The van der Waals surface area contributed by atoms with Crippen LogP contribution in [0.1, 0.15) is 18.7 Å². The molecule has 3 aromatic rings. The molecule has 5 nitrogen and oxygen atoms in total. The Labute approximate surface area is 129 Å². The van der Waals surface area contributed by atoms with Gasteiger partial charge in [0.15, 0.2) is 0 Å². The summed E-state index contributed by atoms with van der Waals surface area (Å²) in [6.07, 6.45) is 4.57. The number of pyridine rings is 1. The van der Waals surface area contributed by atoms with E-state index in [0.29, 0.717) is 6.42 Å². The Morgan fingerprint density at radius 2 is 1.91 bits per heavy atom. The standard InChI is InChI=1S/C16H19N3O2S/c1-12-18-15-11-17-14-8-4-3-7-13(14)16(15)19(12)9-5-6-10-22(2,20)21/h3-4,7-8,11H,5-6,9-10H2,1-2H3. The molecule has 3 rings (SSSR count). The molecule has 0 atom stereocenters. The average molecular weight is 317 g/mol. The molecule has 0 unspecified atom stereocenters. The monoisotopic (exact) mass is 317 g/mol. The molecule has 2 aromatic heterocycles. The maximum Gasteiger partial charge on any atom is 0.147 e. The first-order valence-corrected chi connectivity index (χ1v) is 9.40. The first-order chi connectivity index (χ1) is 10.5. The van der Waals surface area contributed by atoms with Crippen LogP contribution in [-0.2, 0) is 16.4 Å². The lowest BCUT2D eigenvalue weighted by atomic mass is 10.2. The van der Waals surface area contributed by atoms with Crippen molar-refractivity contribution < 1.29 is 8.42 Å². The zero-order valence-corrected chi connectivity index (χ0v) is 13.6. The minimum atomic E-state index is -2.89. The molecular weight excluding hydrogens is 298 g/mol. The second-order valence-corrected chi connectivity index (χ2v) is 7.92. The number of aromatic nitrogens is 3. The third-order valence-electron chi connectivity index (χ3n) is 3.82. The van der Waals surface area contributed by atoms with Gasteiger partial charge in [0.2, 0.25) is 0 Å². The van der Waals surface area contributed by atoms with E-state index < -0.39 is 9.84 Å². The summed E-state index contributed by atoms with van der Waals surface area (Å²) in [4.78, 5) is 9.01. The molecule has 0 aliphatic rings. The molecule has 0 fully saturated rings. The van der Waals surface area contributed by atoms with Crippen molar-refractivity contribution in [3.63, 3.8) is 0 Å². The number of hydrogen-bond donors (Lipinski definition) is 0. The highest BCUT2D eigenvalue weighted by atomic mass is 32.2. The molecule has 116 valence electrons. The number of benzene rings is 1. The Hall–Kier alpha value is -1.95. The van der Waals surface area contributed by atoms with Gasteiger partial charge in [-0.2, -0.15) is 0 Å². The summed E-state index contributed by atoms with van der Waals surface area (Å²) in [5.74, 6) is 1.17. The molecule has 0 saturated heterocycles.